The van der Waals surface area contributed by atoms with Crippen molar-refractivity contribution >= 4 is 11.3 Å². The van der Waals surface area contributed by atoms with E-state index in [2.05, 4.69) is 22.4 Å². The van der Waals surface area contributed by atoms with Crippen LogP contribution in [0.1, 0.15) is 24.4 Å². The fourth-order valence-corrected chi connectivity index (χ4v) is 3.29. The fourth-order valence-electron chi connectivity index (χ4n) is 2.23. The van der Waals surface area contributed by atoms with Gasteiger partial charge in [0.25, 0.3) is 0 Å². The van der Waals surface area contributed by atoms with Crippen LogP contribution in [-0.4, -0.2) is 30.5 Å². The molecule has 0 bridgehead atoms. The maximum atomic E-state index is 5.73. The summed E-state index contributed by atoms with van der Waals surface area (Å²) < 4.78 is 11.3. The van der Waals surface area contributed by atoms with E-state index in [1.165, 1.54) is 0 Å². The van der Waals surface area contributed by atoms with Gasteiger partial charge in [0.1, 0.15) is 18.2 Å². The molecule has 0 spiro atoms. The highest BCUT2D eigenvalue weighted by atomic mass is 32.1. The van der Waals surface area contributed by atoms with E-state index in [4.69, 9.17) is 9.47 Å². The lowest BCUT2D eigenvalue weighted by Gasteiger charge is -2.19. The van der Waals surface area contributed by atoms with Gasteiger partial charge in [-0.2, -0.15) is 0 Å². The van der Waals surface area contributed by atoms with Crippen LogP contribution in [0.2, 0.25) is 0 Å². The summed E-state index contributed by atoms with van der Waals surface area (Å²) in [7, 11) is 1.94. The smallest absolute Gasteiger partial charge is 0.171 e. The first-order valence-corrected chi connectivity index (χ1v) is 7.54. The Morgan fingerprint density at radius 3 is 2.95 bits per heavy atom. The molecule has 1 atom stereocenters. The number of para-hydroxylation sites is 1. The highest BCUT2D eigenvalue weighted by Crippen LogP contribution is 2.41. The first-order valence-electron chi connectivity index (χ1n) is 6.73. The van der Waals surface area contributed by atoms with Gasteiger partial charge >= 0.3 is 0 Å². The Morgan fingerprint density at radius 2 is 2.15 bits per heavy atom. The number of ether oxygens (including phenoxy) is 2. The molecule has 1 aromatic carbocycles. The predicted molar refractivity (Wildman–Crippen MR) is 78.4 cm³/mol. The van der Waals surface area contributed by atoms with Gasteiger partial charge in [-0.15, -0.1) is 10.2 Å². The summed E-state index contributed by atoms with van der Waals surface area (Å²) in [6.07, 6.45) is 0.984. The first kappa shape index (κ1) is 13.3. The van der Waals surface area contributed by atoms with Crippen molar-refractivity contribution < 1.29 is 9.47 Å². The Hall–Kier alpha value is -1.66. The molecular formula is C14H17N3O2S. The maximum Gasteiger partial charge on any atom is 0.171 e. The number of hydrogen-bond acceptors (Lipinski definition) is 6. The molecule has 3 rings (SSSR count). The zero-order valence-electron chi connectivity index (χ0n) is 11.5. The summed E-state index contributed by atoms with van der Waals surface area (Å²) in [5.74, 6) is 1.56. The van der Waals surface area contributed by atoms with Gasteiger partial charge in [-0.3, -0.25) is 0 Å². The lowest BCUT2D eigenvalue weighted by atomic mass is 10.2. The zero-order chi connectivity index (χ0) is 13.9. The van der Waals surface area contributed by atoms with E-state index in [-0.39, 0.29) is 6.04 Å². The molecule has 0 saturated heterocycles. The molecule has 1 aliphatic heterocycles. The van der Waals surface area contributed by atoms with Crippen LogP contribution in [0.3, 0.4) is 0 Å². The Balaban J connectivity index is 1.97. The van der Waals surface area contributed by atoms with Crippen LogP contribution in [0.25, 0.3) is 10.6 Å². The Bertz CT molecular complexity index is 596. The molecule has 1 unspecified atom stereocenters. The van der Waals surface area contributed by atoms with Gasteiger partial charge in [0.15, 0.2) is 16.5 Å². The van der Waals surface area contributed by atoms with E-state index in [9.17, 15) is 0 Å². The monoisotopic (exact) mass is 291 g/mol. The van der Waals surface area contributed by atoms with Crippen LogP contribution < -0.4 is 14.8 Å². The van der Waals surface area contributed by atoms with Gasteiger partial charge in [0, 0.05) is 0 Å². The second-order valence-electron chi connectivity index (χ2n) is 4.52. The molecule has 0 fully saturated rings. The second-order valence-corrected chi connectivity index (χ2v) is 5.53. The largest absolute Gasteiger partial charge is 0.486 e. The van der Waals surface area contributed by atoms with Gasteiger partial charge in [-0.05, 0) is 25.6 Å². The standard InChI is InChI=1S/C14H17N3O2S/c1-3-10(15-2)14-17-16-13(20-14)9-5-4-6-11-12(9)19-8-7-18-11/h4-6,10,15H,3,7-8H2,1-2H3. The van der Waals surface area contributed by atoms with Crippen molar-refractivity contribution in [3.8, 4) is 22.1 Å². The minimum absolute atomic E-state index is 0.248. The van der Waals surface area contributed by atoms with Gasteiger partial charge < -0.3 is 14.8 Å². The van der Waals surface area contributed by atoms with Crippen LogP contribution in [0.4, 0.5) is 0 Å². The van der Waals surface area contributed by atoms with Crippen molar-refractivity contribution in [3.05, 3.63) is 23.2 Å². The number of nitrogens with zero attached hydrogens (tertiary/aromatic N) is 2. The average Bonchev–Trinajstić information content (AvgIpc) is 2.97. The van der Waals surface area contributed by atoms with Crippen molar-refractivity contribution in [2.45, 2.75) is 19.4 Å². The van der Waals surface area contributed by atoms with Crippen LogP contribution in [0, 0.1) is 0 Å². The van der Waals surface area contributed by atoms with E-state index in [0.29, 0.717) is 13.2 Å². The molecule has 0 radical (unpaired) electrons. The maximum absolute atomic E-state index is 5.73. The van der Waals surface area contributed by atoms with Crippen molar-refractivity contribution in [2.75, 3.05) is 20.3 Å². The minimum atomic E-state index is 0.248. The van der Waals surface area contributed by atoms with Crippen molar-refractivity contribution in [1.82, 2.24) is 15.5 Å². The lowest BCUT2D eigenvalue weighted by molar-refractivity contribution is 0.172. The number of nitrogens with one attached hydrogen (secondary N) is 1. The number of rotatable bonds is 4. The van der Waals surface area contributed by atoms with E-state index in [1.54, 1.807) is 11.3 Å². The van der Waals surface area contributed by atoms with Crippen molar-refractivity contribution in [2.24, 2.45) is 0 Å². The third-order valence-electron chi connectivity index (χ3n) is 3.29. The van der Waals surface area contributed by atoms with E-state index in [1.807, 2.05) is 25.2 Å². The van der Waals surface area contributed by atoms with Crippen LogP contribution in [0.5, 0.6) is 11.5 Å². The molecule has 2 heterocycles. The summed E-state index contributed by atoms with van der Waals surface area (Å²) in [6, 6.07) is 6.12. The zero-order valence-corrected chi connectivity index (χ0v) is 12.4. The molecular weight excluding hydrogens is 274 g/mol. The third-order valence-corrected chi connectivity index (χ3v) is 4.36. The Labute approximate surface area is 121 Å². The van der Waals surface area contributed by atoms with E-state index >= 15 is 0 Å². The number of hydrogen-bond donors (Lipinski definition) is 1. The van der Waals surface area contributed by atoms with Gasteiger partial charge in [0.05, 0.1) is 11.6 Å². The molecule has 5 nitrogen and oxygen atoms in total. The highest BCUT2D eigenvalue weighted by Gasteiger charge is 2.20. The average molecular weight is 291 g/mol. The fraction of sp³-hybridized carbons (Fsp3) is 0.429. The predicted octanol–water partition coefficient (Wildman–Crippen LogP) is 2.65. The Morgan fingerprint density at radius 1 is 1.30 bits per heavy atom. The molecule has 0 amide bonds. The minimum Gasteiger partial charge on any atom is -0.486 e. The topological polar surface area (TPSA) is 56.3 Å². The molecule has 0 aliphatic carbocycles. The lowest BCUT2D eigenvalue weighted by Crippen LogP contribution is -2.15. The summed E-state index contributed by atoms with van der Waals surface area (Å²) in [4.78, 5) is 0. The van der Waals surface area contributed by atoms with Crippen molar-refractivity contribution in [3.63, 3.8) is 0 Å². The number of aromatic nitrogens is 2. The summed E-state index contributed by atoms with van der Waals surface area (Å²) in [5, 5.41) is 13.7. The molecule has 0 saturated carbocycles. The summed E-state index contributed by atoms with van der Waals surface area (Å²) in [6.45, 7) is 3.29. The molecule has 1 N–H and O–H groups in total. The summed E-state index contributed by atoms with van der Waals surface area (Å²) in [5.41, 5.74) is 0.955. The van der Waals surface area contributed by atoms with Crippen LogP contribution in [-0.2, 0) is 0 Å². The van der Waals surface area contributed by atoms with Gasteiger partial charge in [0.2, 0.25) is 0 Å². The molecule has 106 valence electrons. The number of fused-ring (bicyclic) bond motifs is 1. The quantitative estimate of drug-likeness (QED) is 0.938. The first-order chi connectivity index (χ1) is 9.83. The SMILES string of the molecule is CCC(NC)c1nnc(-c2cccc3c2OCCO3)s1. The van der Waals surface area contributed by atoms with E-state index in [0.717, 1.165) is 33.5 Å². The second kappa shape index (κ2) is 5.76. The molecule has 1 aromatic heterocycles. The third kappa shape index (κ3) is 2.36. The van der Waals surface area contributed by atoms with Gasteiger partial charge in [-0.25, -0.2) is 0 Å². The van der Waals surface area contributed by atoms with Crippen LogP contribution in [0.15, 0.2) is 18.2 Å². The van der Waals surface area contributed by atoms with Crippen LogP contribution >= 0.6 is 11.3 Å². The molecule has 20 heavy (non-hydrogen) atoms. The normalized spacial score (nSPS) is 15.1. The molecule has 2 aromatic rings. The van der Waals surface area contributed by atoms with Gasteiger partial charge in [-0.1, -0.05) is 24.3 Å². The number of benzene rings is 1. The Kier molecular flexibility index (Phi) is 3.84. The molecule has 6 heteroatoms. The molecule has 1 aliphatic rings. The summed E-state index contributed by atoms with van der Waals surface area (Å²) >= 11 is 1.60. The van der Waals surface area contributed by atoms with Crippen molar-refractivity contribution in [1.29, 1.82) is 0 Å². The van der Waals surface area contributed by atoms with E-state index < -0.39 is 0 Å². The highest BCUT2D eigenvalue weighted by molar-refractivity contribution is 7.14.